The average molecular weight is 477 g/mol. The van der Waals surface area contributed by atoms with Crippen LogP contribution in [0.15, 0.2) is 54.6 Å². The van der Waals surface area contributed by atoms with Crippen molar-refractivity contribution in [1.82, 2.24) is 0 Å². The highest BCUT2D eigenvalue weighted by atomic mass is 16.7. The molecule has 7 nitrogen and oxygen atoms in total. The number of carbonyl (C=O) groups excluding carboxylic acids is 1. The Morgan fingerprint density at radius 1 is 0.914 bits per heavy atom. The van der Waals surface area contributed by atoms with Crippen LogP contribution in [-0.4, -0.2) is 38.7 Å². The molecule has 1 heterocycles. The molecular weight excluding hydrogens is 448 g/mol. The molecule has 0 radical (unpaired) electrons. The lowest BCUT2D eigenvalue weighted by Gasteiger charge is -2.25. The lowest BCUT2D eigenvalue weighted by atomic mass is 9.79. The Kier molecular flexibility index (Phi) is 6.16. The van der Waals surface area contributed by atoms with Crippen molar-refractivity contribution in [1.29, 1.82) is 0 Å². The monoisotopic (exact) mass is 476 g/mol. The van der Waals surface area contributed by atoms with Crippen molar-refractivity contribution in [3.05, 3.63) is 76.9 Å². The van der Waals surface area contributed by atoms with E-state index in [9.17, 15) is 9.90 Å². The summed E-state index contributed by atoms with van der Waals surface area (Å²) < 4.78 is 27.6. The second-order valence-corrected chi connectivity index (χ2v) is 8.68. The van der Waals surface area contributed by atoms with Gasteiger partial charge in [0, 0.05) is 23.5 Å². The number of hydrogen-bond acceptors (Lipinski definition) is 7. The summed E-state index contributed by atoms with van der Waals surface area (Å²) in [5.74, 6) is 0.879. The first kappa shape index (κ1) is 22.9. The van der Waals surface area contributed by atoms with Gasteiger partial charge in [0.05, 0.1) is 26.7 Å². The standard InChI is InChI=1S/C28H28O7/c1-4-11-33-18-7-8-19-21(13-18)26(20-9-6-17(31-2)14-22(20)29)27(28(30)32-3)25(19)16-5-10-23-24(12-16)35-15-34-23/h5-10,12-14,25-27,29H,4,11,15H2,1-3H3/t25-,26?,27-/m0/s1. The first-order chi connectivity index (χ1) is 17.0. The maximum atomic E-state index is 13.4. The van der Waals surface area contributed by atoms with Gasteiger partial charge >= 0.3 is 5.97 Å². The Morgan fingerprint density at radius 3 is 2.43 bits per heavy atom. The molecule has 5 rings (SSSR count). The minimum absolute atomic E-state index is 0.0559. The van der Waals surface area contributed by atoms with E-state index in [1.165, 1.54) is 7.11 Å². The van der Waals surface area contributed by atoms with Gasteiger partial charge in [0.2, 0.25) is 6.79 Å². The molecule has 1 aliphatic carbocycles. The van der Waals surface area contributed by atoms with Crippen molar-refractivity contribution in [2.24, 2.45) is 5.92 Å². The van der Waals surface area contributed by atoms with Gasteiger partial charge in [-0.05, 0) is 53.4 Å². The largest absolute Gasteiger partial charge is 0.508 e. The Balaban J connectivity index is 1.70. The third kappa shape index (κ3) is 4.01. The zero-order chi connectivity index (χ0) is 24.5. The van der Waals surface area contributed by atoms with Gasteiger partial charge in [0.1, 0.15) is 17.2 Å². The average Bonchev–Trinajstić information content (AvgIpc) is 3.48. The summed E-state index contributed by atoms with van der Waals surface area (Å²) in [6, 6.07) is 16.8. The molecule has 0 fully saturated rings. The van der Waals surface area contributed by atoms with Crippen LogP contribution < -0.4 is 18.9 Å². The van der Waals surface area contributed by atoms with E-state index in [4.69, 9.17) is 23.7 Å². The van der Waals surface area contributed by atoms with Gasteiger partial charge < -0.3 is 28.8 Å². The van der Waals surface area contributed by atoms with Crippen molar-refractivity contribution in [3.8, 4) is 28.7 Å². The molecule has 1 aliphatic heterocycles. The van der Waals surface area contributed by atoms with E-state index in [1.54, 1.807) is 25.3 Å². The quantitative estimate of drug-likeness (QED) is 0.481. The molecule has 0 saturated heterocycles. The number of phenols is 1. The van der Waals surface area contributed by atoms with Crippen molar-refractivity contribution < 1.29 is 33.6 Å². The molecule has 3 atom stereocenters. The predicted octanol–water partition coefficient (Wildman–Crippen LogP) is 4.98. The van der Waals surface area contributed by atoms with Crippen molar-refractivity contribution >= 4 is 5.97 Å². The SMILES string of the molecule is CCCOc1ccc2c(c1)C(c1ccc(OC)cc1O)[C@@H](C(=O)OC)[C@H]2c1ccc2c(c1)OCO2. The van der Waals surface area contributed by atoms with E-state index in [0.29, 0.717) is 29.4 Å². The van der Waals surface area contributed by atoms with Gasteiger partial charge in [-0.15, -0.1) is 0 Å². The van der Waals surface area contributed by atoms with Gasteiger partial charge in [-0.3, -0.25) is 4.79 Å². The van der Waals surface area contributed by atoms with Gasteiger partial charge in [-0.25, -0.2) is 0 Å². The number of methoxy groups -OCH3 is 2. The zero-order valence-corrected chi connectivity index (χ0v) is 19.9. The number of ether oxygens (including phenoxy) is 5. The molecule has 0 amide bonds. The molecule has 0 spiro atoms. The van der Waals surface area contributed by atoms with Crippen LogP contribution in [0.4, 0.5) is 0 Å². The molecular formula is C28H28O7. The summed E-state index contributed by atoms with van der Waals surface area (Å²) in [6.07, 6.45) is 0.879. The fourth-order valence-corrected chi connectivity index (χ4v) is 5.17. The summed E-state index contributed by atoms with van der Waals surface area (Å²) in [5.41, 5.74) is 3.42. The number of carbonyl (C=O) groups is 1. The Hall–Kier alpha value is -3.87. The topological polar surface area (TPSA) is 83.5 Å². The summed E-state index contributed by atoms with van der Waals surface area (Å²) in [4.78, 5) is 13.4. The molecule has 35 heavy (non-hydrogen) atoms. The second kappa shape index (κ2) is 9.41. The Morgan fingerprint density at radius 2 is 1.69 bits per heavy atom. The van der Waals surface area contributed by atoms with Crippen LogP contribution in [0.1, 0.15) is 47.4 Å². The number of hydrogen-bond donors (Lipinski definition) is 1. The first-order valence-electron chi connectivity index (χ1n) is 11.7. The smallest absolute Gasteiger partial charge is 0.310 e. The Bertz CT molecular complexity index is 1250. The molecule has 1 unspecified atom stereocenters. The Labute approximate surface area is 204 Å². The maximum absolute atomic E-state index is 13.4. The summed E-state index contributed by atoms with van der Waals surface area (Å²) in [5, 5.41) is 11.0. The lowest BCUT2D eigenvalue weighted by molar-refractivity contribution is -0.146. The highest BCUT2D eigenvalue weighted by Gasteiger charge is 2.48. The highest BCUT2D eigenvalue weighted by molar-refractivity contribution is 5.80. The minimum atomic E-state index is -0.615. The number of aromatic hydroxyl groups is 1. The maximum Gasteiger partial charge on any atom is 0.310 e. The van der Waals surface area contributed by atoms with Crippen LogP contribution in [0.5, 0.6) is 28.7 Å². The van der Waals surface area contributed by atoms with Crippen LogP contribution in [0.2, 0.25) is 0 Å². The molecule has 1 N–H and O–H groups in total. The number of rotatable bonds is 7. The summed E-state index contributed by atoms with van der Waals surface area (Å²) in [6.45, 7) is 2.80. The van der Waals surface area contributed by atoms with E-state index >= 15 is 0 Å². The predicted molar refractivity (Wildman–Crippen MR) is 129 cm³/mol. The summed E-state index contributed by atoms with van der Waals surface area (Å²) in [7, 11) is 2.94. The van der Waals surface area contributed by atoms with Gasteiger partial charge in [-0.1, -0.05) is 25.1 Å². The van der Waals surface area contributed by atoms with Crippen molar-refractivity contribution in [2.45, 2.75) is 25.2 Å². The number of benzene rings is 3. The third-order valence-corrected chi connectivity index (χ3v) is 6.72. The van der Waals surface area contributed by atoms with Crippen LogP contribution in [0.3, 0.4) is 0 Å². The minimum Gasteiger partial charge on any atom is -0.508 e. The molecule has 7 heteroatoms. The van der Waals surface area contributed by atoms with Gasteiger partial charge in [0.25, 0.3) is 0 Å². The van der Waals surface area contributed by atoms with E-state index in [0.717, 1.165) is 28.9 Å². The van der Waals surface area contributed by atoms with Crippen LogP contribution in [0, 0.1) is 5.92 Å². The van der Waals surface area contributed by atoms with Crippen LogP contribution >= 0.6 is 0 Å². The van der Waals surface area contributed by atoms with Crippen molar-refractivity contribution in [2.75, 3.05) is 27.6 Å². The second-order valence-electron chi connectivity index (χ2n) is 8.68. The van der Waals surface area contributed by atoms with Crippen molar-refractivity contribution in [3.63, 3.8) is 0 Å². The fraction of sp³-hybridized carbons (Fsp3) is 0.321. The van der Waals surface area contributed by atoms with E-state index in [2.05, 4.69) is 6.92 Å². The third-order valence-electron chi connectivity index (χ3n) is 6.72. The normalized spacial score (nSPS) is 19.8. The molecule has 0 saturated carbocycles. The number of fused-ring (bicyclic) bond motifs is 2. The first-order valence-corrected chi connectivity index (χ1v) is 11.7. The highest BCUT2D eigenvalue weighted by Crippen LogP contribution is 2.56. The molecule has 3 aromatic carbocycles. The van der Waals surface area contributed by atoms with E-state index in [1.807, 2.05) is 36.4 Å². The van der Waals surface area contributed by atoms with Crippen LogP contribution in [-0.2, 0) is 9.53 Å². The van der Waals surface area contributed by atoms with E-state index in [-0.39, 0.29) is 24.4 Å². The van der Waals surface area contributed by atoms with Crippen LogP contribution in [0.25, 0.3) is 0 Å². The number of esters is 1. The number of phenolic OH excluding ortho intramolecular Hbond substituents is 1. The summed E-state index contributed by atoms with van der Waals surface area (Å²) >= 11 is 0. The lowest BCUT2D eigenvalue weighted by Crippen LogP contribution is -2.25. The van der Waals surface area contributed by atoms with Gasteiger partial charge in [0.15, 0.2) is 11.5 Å². The van der Waals surface area contributed by atoms with Gasteiger partial charge in [-0.2, -0.15) is 0 Å². The van der Waals surface area contributed by atoms with E-state index < -0.39 is 11.8 Å². The fourth-order valence-electron chi connectivity index (χ4n) is 5.17. The molecule has 2 aliphatic rings. The molecule has 182 valence electrons. The molecule has 3 aromatic rings. The molecule has 0 bridgehead atoms. The zero-order valence-electron chi connectivity index (χ0n) is 19.9. The molecule has 0 aromatic heterocycles.